The van der Waals surface area contributed by atoms with E-state index in [1.807, 2.05) is 0 Å². The molecule has 0 radical (unpaired) electrons. The highest BCUT2D eigenvalue weighted by Gasteiger charge is 2.34. The lowest BCUT2D eigenvalue weighted by molar-refractivity contribution is 0.0972. The van der Waals surface area contributed by atoms with Crippen LogP contribution in [0.1, 0.15) is 18.4 Å². The Morgan fingerprint density at radius 2 is 1.94 bits per heavy atom. The Morgan fingerprint density at radius 1 is 1.22 bits per heavy atom. The van der Waals surface area contributed by atoms with Gasteiger partial charge in [0, 0.05) is 12.6 Å². The lowest BCUT2D eigenvalue weighted by Crippen LogP contribution is -2.53. The number of aryl methyl sites for hydroxylation is 1. The average Bonchev–Trinajstić information content (AvgIpc) is 2.41. The Hall–Kier alpha value is -1.16. The first-order valence-electron chi connectivity index (χ1n) is 6.58. The Bertz CT molecular complexity index is 453. The van der Waals surface area contributed by atoms with Crippen LogP contribution in [0.2, 0.25) is 0 Å². The monoisotopic (exact) mass is 252 g/mol. The lowest BCUT2D eigenvalue weighted by atomic mass is 9.84. The molecule has 3 saturated heterocycles. The number of piperidine rings is 3. The summed E-state index contributed by atoms with van der Waals surface area (Å²) in [5, 5.41) is 3.10. The maximum absolute atomic E-state index is 13.9. The molecule has 0 spiro atoms. The van der Waals surface area contributed by atoms with E-state index in [1.165, 1.54) is 12.1 Å². The second-order valence-electron chi connectivity index (χ2n) is 5.44. The van der Waals surface area contributed by atoms with Gasteiger partial charge in [-0.15, -0.1) is 0 Å². The maximum atomic E-state index is 13.9. The molecule has 4 rings (SSSR count). The normalized spacial score (nSPS) is 30.5. The van der Waals surface area contributed by atoms with E-state index < -0.39 is 11.6 Å². The molecule has 2 bridgehead atoms. The van der Waals surface area contributed by atoms with Gasteiger partial charge in [-0.2, -0.15) is 0 Å². The van der Waals surface area contributed by atoms with E-state index in [-0.39, 0.29) is 11.7 Å². The summed E-state index contributed by atoms with van der Waals surface area (Å²) < 4.78 is 27.7. The molecule has 1 N–H and O–H groups in total. The Labute approximate surface area is 106 Å². The Morgan fingerprint density at radius 3 is 2.56 bits per heavy atom. The summed E-state index contributed by atoms with van der Waals surface area (Å²) in [7, 11) is 0. The number of rotatable bonds is 2. The molecule has 1 unspecified atom stereocenters. The van der Waals surface area contributed by atoms with Crippen molar-refractivity contribution in [3.8, 4) is 0 Å². The minimum absolute atomic E-state index is 0.0498. The summed E-state index contributed by atoms with van der Waals surface area (Å²) in [4.78, 5) is 2.36. The van der Waals surface area contributed by atoms with E-state index in [4.69, 9.17) is 0 Å². The number of hydrogen-bond acceptors (Lipinski definition) is 2. The van der Waals surface area contributed by atoms with Crippen molar-refractivity contribution < 1.29 is 8.78 Å². The van der Waals surface area contributed by atoms with Gasteiger partial charge in [0.15, 0.2) is 5.82 Å². The molecule has 3 fully saturated rings. The van der Waals surface area contributed by atoms with Gasteiger partial charge >= 0.3 is 0 Å². The minimum Gasteiger partial charge on any atom is -0.376 e. The van der Waals surface area contributed by atoms with Crippen LogP contribution in [-0.2, 0) is 0 Å². The number of benzene rings is 1. The third-order valence-corrected chi connectivity index (χ3v) is 4.27. The minimum atomic E-state index is -0.491. The largest absolute Gasteiger partial charge is 0.376 e. The fourth-order valence-electron chi connectivity index (χ4n) is 3.10. The highest BCUT2D eigenvalue weighted by Crippen LogP contribution is 2.31. The zero-order valence-electron chi connectivity index (χ0n) is 10.5. The van der Waals surface area contributed by atoms with Crippen molar-refractivity contribution in [3.63, 3.8) is 0 Å². The molecule has 0 amide bonds. The zero-order valence-corrected chi connectivity index (χ0v) is 10.5. The predicted molar refractivity (Wildman–Crippen MR) is 67.7 cm³/mol. The lowest BCUT2D eigenvalue weighted by Gasteiger charge is -2.45. The first kappa shape index (κ1) is 11.9. The summed E-state index contributed by atoms with van der Waals surface area (Å²) in [5.41, 5.74) is 0.536. The van der Waals surface area contributed by atoms with Gasteiger partial charge in [0.25, 0.3) is 0 Å². The molecule has 3 aliphatic rings. The van der Waals surface area contributed by atoms with Crippen molar-refractivity contribution in [1.82, 2.24) is 4.90 Å². The van der Waals surface area contributed by atoms with E-state index >= 15 is 0 Å². The predicted octanol–water partition coefficient (Wildman–Crippen LogP) is 2.78. The highest BCUT2D eigenvalue weighted by molar-refractivity contribution is 5.50. The molecular weight excluding hydrogens is 234 g/mol. The van der Waals surface area contributed by atoms with Crippen molar-refractivity contribution in [2.75, 3.05) is 25.0 Å². The quantitative estimate of drug-likeness (QED) is 0.870. The van der Waals surface area contributed by atoms with Crippen molar-refractivity contribution in [2.45, 2.75) is 25.8 Å². The topological polar surface area (TPSA) is 15.3 Å². The first-order chi connectivity index (χ1) is 8.65. The van der Waals surface area contributed by atoms with Crippen LogP contribution >= 0.6 is 0 Å². The Kier molecular flexibility index (Phi) is 2.98. The first-order valence-corrected chi connectivity index (χ1v) is 6.58. The molecule has 4 heteroatoms. The number of nitrogens with one attached hydrogen (secondary N) is 1. The van der Waals surface area contributed by atoms with Crippen LogP contribution in [0.15, 0.2) is 12.1 Å². The van der Waals surface area contributed by atoms with Gasteiger partial charge in [0.2, 0.25) is 0 Å². The van der Waals surface area contributed by atoms with E-state index in [0.29, 0.717) is 11.5 Å². The third-order valence-electron chi connectivity index (χ3n) is 4.27. The molecule has 2 nitrogen and oxygen atoms in total. The van der Waals surface area contributed by atoms with Crippen LogP contribution < -0.4 is 5.32 Å². The van der Waals surface area contributed by atoms with Gasteiger partial charge in [0.05, 0.1) is 0 Å². The summed E-state index contributed by atoms with van der Waals surface area (Å²) in [6.07, 6.45) is 2.26. The van der Waals surface area contributed by atoms with Gasteiger partial charge < -0.3 is 10.2 Å². The van der Waals surface area contributed by atoms with Crippen LogP contribution in [0, 0.1) is 24.5 Å². The number of fused-ring (bicyclic) bond motifs is 3. The van der Waals surface area contributed by atoms with E-state index in [2.05, 4.69) is 10.2 Å². The molecule has 1 aromatic carbocycles. The van der Waals surface area contributed by atoms with Crippen molar-refractivity contribution >= 4 is 5.69 Å². The fraction of sp³-hybridized carbons (Fsp3) is 0.571. The van der Waals surface area contributed by atoms with Gasteiger partial charge in [-0.05, 0) is 50.4 Å². The summed E-state index contributed by atoms with van der Waals surface area (Å²) in [5.74, 6) is -0.393. The molecule has 0 saturated carbocycles. The molecule has 1 aromatic rings. The standard InChI is InChI=1S/C14H18F2N2/c1-9-2-3-11(15)14(13(9)16)17-12-8-18-6-4-10(12)5-7-18/h2-3,10,12,17H,4-8H2,1H3. The van der Waals surface area contributed by atoms with Crippen LogP contribution in [0.25, 0.3) is 0 Å². The average molecular weight is 252 g/mol. The fourth-order valence-corrected chi connectivity index (χ4v) is 3.10. The zero-order chi connectivity index (χ0) is 12.7. The van der Waals surface area contributed by atoms with Crippen molar-refractivity contribution in [1.29, 1.82) is 0 Å². The number of anilines is 1. The molecule has 3 heterocycles. The molecule has 0 aromatic heterocycles. The Balaban J connectivity index is 1.83. The SMILES string of the molecule is Cc1ccc(F)c(NC2CN3CCC2CC3)c1F. The highest BCUT2D eigenvalue weighted by atomic mass is 19.1. The van der Waals surface area contributed by atoms with Gasteiger partial charge in [0.1, 0.15) is 11.5 Å². The maximum Gasteiger partial charge on any atom is 0.152 e. The summed E-state index contributed by atoms with van der Waals surface area (Å²) in [6, 6.07) is 2.99. The summed E-state index contributed by atoms with van der Waals surface area (Å²) >= 11 is 0. The molecule has 18 heavy (non-hydrogen) atoms. The third kappa shape index (κ3) is 1.99. The van der Waals surface area contributed by atoms with Crippen LogP contribution in [-0.4, -0.2) is 30.6 Å². The van der Waals surface area contributed by atoms with Gasteiger partial charge in [-0.25, -0.2) is 8.78 Å². The number of hydrogen-bond donors (Lipinski definition) is 1. The van der Waals surface area contributed by atoms with Gasteiger partial charge in [-0.3, -0.25) is 0 Å². The second-order valence-corrected chi connectivity index (χ2v) is 5.44. The number of nitrogens with zero attached hydrogens (tertiary/aromatic N) is 1. The number of halogens is 2. The summed E-state index contributed by atoms with van der Waals surface area (Å²) in [6.45, 7) is 4.82. The van der Waals surface area contributed by atoms with E-state index in [9.17, 15) is 8.78 Å². The molecule has 0 aliphatic carbocycles. The van der Waals surface area contributed by atoms with Crippen molar-refractivity contribution in [3.05, 3.63) is 29.3 Å². The molecule has 98 valence electrons. The second kappa shape index (κ2) is 4.50. The molecule has 3 aliphatic heterocycles. The molecular formula is C14H18F2N2. The van der Waals surface area contributed by atoms with Crippen molar-refractivity contribution in [2.24, 2.45) is 5.92 Å². The van der Waals surface area contributed by atoms with E-state index in [1.54, 1.807) is 6.92 Å². The van der Waals surface area contributed by atoms with Gasteiger partial charge in [-0.1, -0.05) is 6.07 Å². The smallest absolute Gasteiger partial charge is 0.152 e. The van der Waals surface area contributed by atoms with Crippen LogP contribution in [0.3, 0.4) is 0 Å². The van der Waals surface area contributed by atoms with Crippen LogP contribution in [0.5, 0.6) is 0 Å². The van der Waals surface area contributed by atoms with Crippen LogP contribution in [0.4, 0.5) is 14.5 Å². The van der Waals surface area contributed by atoms with E-state index in [0.717, 1.165) is 32.5 Å². The molecule has 1 atom stereocenters.